The first-order valence-corrected chi connectivity index (χ1v) is 8.67. The van der Waals surface area contributed by atoms with Gasteiger partial charge < -0.3 is 11.1 Å². The number of nitrogens with one attached hydrogen (secondary N) is 1. The van der Waals surface area contributed by atoms with Crippen molar-refractivity contribution < 1.29 is 4.79 Å². The van der Waals surface area contributed by atoms with Crippen molar-refractivity contribution in [3.05, 3.63) is 24.5 Å². The standard InChI is InChI=1S/C18H27N5O/c1-4-6-8-10-23-18-15(12-22-23)16(20-9-7-5-2)14(11-21-18)13(3)17(19)24/h11-12H,3-10H2,1-2H3,(H2,19,24)(H,20,21). The van der Waals surface area contributed by atoms with E-state index in [0.717, 1.165) is 49.1 Å². The van der Waals surface area contributed by atoms with E-state index in [1.165, 1.54) is 12.8 Å². The summed E-state index contributed by atoms with van der Waals surface area (Å²) >= 11 is 0. The van der Waals surface area contributed by atoms with Crippen LogP contribution < -0.4 is 11.1 Å². The lowest BCUT2D eigenvalue weighted by atomic mass is 10.1. The van der Waals surface area contributed by atoms with Gasteiger partial charge in [0.15, 0.2) is 5.65 Å². The largest absolute Gasteiger partial charge is 0.384 e. The average Bonchev–Trinajstić information content (AvgIpc) is 2.98. The molecule has 0 radical (unpaired) electrons. The number of hydrogen-bond acceptors (Lipinski definition) is 4. The third-order valence-electron chi connectivity index (χ3n) is 4.09. The molecule has 0 spiro atoms. The number of amides is 1. The summed E-state index contributed by atoms with van der Waals surface area (Å²) in [6, 6.07) is 0. The minimum atomic E-state index is -0.537. The summed E-state index contributed by atoms with van der Waals surface area (Å²) in [6.07, 6.45) is 9.00. The zero-order valence-electron chi connectivity index (χ0n) is 14.6. The van der Waals surface area contributed by atoms with Crippen molar-refractivity contribution in [1.29, 1.82) is 0 Å². The maximum Gasteiger partial charge on any atom is 0.248 e. The third-order valence-corrected chi connectivity index (χ3v) is 4.09. The van der Waals surface area contributed by atoms with Gasteiger partial charge in [-0.25, -0.2) is 9.67 Å². The summed E-state index contributed by atoms with van der Waals surface area (Å²) in [4.78, 5) is 16.0. The van der Waals surface area contributed by atoms with E-state index < -0.39 is 5.91 Å². The van der Waals surface area contributed by atoms with Crippen LogP contribution in [0.5, 0.6) is 0 Å². The summed E-state index contributed by atoms with van der Waals surface area (Å²) in [5, 5.41) is 8.79. The molecule has 0 bridgehead atoms. The van der Waals surface area contributed by atoms with Crippen LogP contribution in [-0.4, -0.2) is 27.2 Å². The Morgan fingerprint density at radius 3 is 2.67 bits per heavy atom. The number of aromatic nitrogens is 3. The highest BCUT2D eigenvalue weighted by Gasteiger charge is 2.17. The zero-order valence-corrected chi connectivity index (χ0v) is 14.6. The lowest BCUT2D eigenvalue weighted by Gasteiger charge is -2.13. The number of rotatable bonds is 10. The Labute approximate surface area is 143 Å². The van der Waals surface area contributed by atoms with Crippen LogP contribution in [0, 0.1) is 0 Å². The summed E-state index contributed by atoms with van der Waals surface area (Å²) in [5.41, 5.74) is 8.00. The molecular formula is C18H27N5O. The summed E-state index contributed by atoms with van der Waals surface area (Å²) < 4.78 is 1.92. The quantitative estimate of drug-likeness (QED) is 0.517. The van der Waals surface area contributed by atoms with Gasteiger partial charge in [-0.05, 0) is 12.8 Å². The fourth-order valence-corrected chi connectivity index (χ4v) is 2.64. The molecule has 0 aliphatic carbocycles. The Morgan fingerprint density at radius 1 is 1.25 bits per heavy atom. The van der Waals surface area contributed by atoms with Crippen LogP contribution in [0.25, 0.3) is 16.6 Å². The van der Waals surface area contributed by atoms with E-state index in [1.807, 2.05) is 4.68 Å². The molecule has 0 fully saturated rings. The molecule has 130 valence electrons. The van der Waals surface area contributed by atoms with Crippen molar-refractivity contribution in [2.75, 3.05) is 11.9 Å². The zero-order chi connectivity index (χ0) is 17.5. The van der Waals surface area contributed by atoms with Gasteiger partial charge in [0.2, 0.25) is 5.91 Å². The van der Waals surface area contributed by atoms with Crippen molar-refractivity contribution in [2.45, 2.75) is 52.5 Å². The number of carbonyl (C=O) groups excluding carboxylic acids is 1. The Kier molecular flexibility index (Phi) is 6.35. The van der Waals surface area contributed by atoms with E-state index in [1.54, 1.807) is 12.4 Å². The highest BCUT2D eigenvalue weighted by Crippen LogP contribution is 2.30. The van der Waals surface area contributed by atoms with E-state index in [4.69, 9.17) is 5.73 Å². The molecule has 6 nitrogen and oxygen atoms in total. The van der Waals surface area contributed by atoms with Gasteiger partial charge in [0, 0.05) is 30.4 Å². The Bertz CT molecular complexity index is 720. The lowest BCUT2D eigenvalue weighted by Crippen LogP contribution is -2.14. The molecule has 1 amide bonds. The molecule has 2 aromatic heterocycles. The summed E-state index contributed by atoms with van der Waals surface area (Å²) in [6.45, 7) is 9.78. The van der Waals surface area contributed by atoms with E-state index in [-0.39, 0.29) is 5.57 Å². The van der Waals surface area contributed by atoms with Gasteiger partial charge in [0.1, 0.15) is 0 Å². The maximum atomic E-state index is 11.5. The second kappa shape index (κ2) is 8.47. The van der Waals surface area contributed by atoms with Crippen molar-refractivity contribution in [2.24, 2.45) is 5.73 Å². The van der Waals surface area contributed by atoms with Crippen molar-refractivity contribution in [3.8, 4) is 0 Å². The van der Waals surface area contributed by atoms with Crippen LogP contribution in [0.15, 0.2) is 19.0 Å². The van der Waals surface area contributed by atoms with Crippen LogP contribution in [0.3, 0.4) is 0 Å². The molecule has 2 aromatic rings. The second-order valence-corrected chi connectivity index (χ2v) is 5.98. The number of nitrogens with zero attached hydrogens (tertiary/aromatic N) is 3. The molecule has 2 rings (SSSR count). The number of unbranched alkanes of at least 4 members (excludes halogenated alkanes) is 3. The molecule has 0 aliphatic rings. The van der Waals surface area contributed by atoms with Crippen LogP contribution in [0.2, 0.25) is 0 Å². The van der Waals surface area contributed by atoms with E-state index in [0.29, 0.717) is 5.56 Å². The number of hydrogen-bond donors (Lipinski definition) is 2. The van der Waals surface area contributed by atoms with Crippen LogP contribution in [0.1, 0.15) is 51.5 Å². The smallest absolute Gasteiger partial charge is 0.248 e. The average molecular weight is 329 g/mol. The molecule has 24 heavy (non-hydrogen) atoms. The normalized spacial score (nSPS) is 10.9. The summed E-state index contributed by atoms with van der Waals surface area (Å²) in [5.74, 6) is -0.537. The molecule has 0 aliphatic heterocycles. The first-order valence-electron chi connectivity index (χ1n) is 8.67. The fourth-order valence-electron chi connectivity index (χ4n) is 2.64. The minimum Gasteiger partial charge on any atom is -0.384 e. The van der Waals surface area contributed by atoms with Crippen molar-refractivity contribution in [1.82, 2.24) is 14.8 Å². The molecule has 6 heteroatoms. The fraction of sp³-hybridized carbons (Fsp3) is 0.500. The van der Waals surface area contributed by atoms with Gasteiger partial charge in [-0.3, -0.25) is 4.79 Å². The highest BCUT2D eigenvalue weighted by molar-refractivity contribution is 6.20. The molecule has 0 unspecified atom stereocenters. The van der Waals surface area contributed by atoms with Crippen LogP contribution >= 0.6 is 0 Å². The topological polar surface area (TPSA) is 85.8 Å². The number of anilines is 1. The second-order valence-electron chi connectivity index (χ2n) is 5.98. The van der Waals surface area contributed by atoms with Crippen molar-refractivity contribution in [3.63, 3.8) is 0 Å². The molecule has 0 saturated heterocycles. The van der Waals surface area contributed by atoms with Crippen molar-refractivity contribution >= 4 is 28.2 Å². The monoisotopic (exact) mass is 329 g/mol. The maximum absolute atomic E-state index is 11.5. The van der Waals surface area contributed by atoms with Gasteiger partial charge >= 0.3 is 0 Å². The van der Waals surface area contributed by atoms with E-state index in [2.05, 4.69) is 35.8 Å². The van der Waals surface area contributed by atoms with Gasteiger partial charge in [-0.1, -0.05) is 39.7 Å². The number of aryl methyl sites for hydroxylation is 1. The first-order chi connectivity index (χ1) is 11.6. The molecular weight excluding hydrogens is 302 g/mol. The van der Waals surface area contributed by atoms with Gasteiger partial charge in [0.05, 0.1) is 17.3 Å². The predicted molar refractivity (Wildman–Crippen MR) is 98.7 cm³/mol. The minimum absolute atomic E-state index is 0.266. The first kappa shape index (κ1) is 18.0. The number of pyridine rings is 1. The van der Waals surface area contributed by atoms with E-state index in [9.17, 15) is 4.79 Å². The van der Waals surface area contributed by atoms with E-state index >= 15 is 0 Å². The van der Waals surface area contributed by atoms with Crippen LogP contribution in [-0.2, 0) is 11.3 Å². The Morgan fingerprint density at radius 2 is 2.00 bits per heavy atom. The molecule has 2 heterocycles. The Hall–Kier alpha value is -2.37. The molecule has 0 aromatic carbocycles. The molecule has 0 atom stereocenters. The van der Waals surface area contributed by atoms with Crippen LogP contribution in [0.4, 0.5) is 5.69 Å². The molecule has 3 N–H and O–H groups in total. The molecule has 0 saturated carbocycles. The Balaban J connectivity index is 2.41. The number of fused-ring (bicyclic) bond motifs is 1. The number of carbonyl (C=O) groups is 1. The number of primary amides is 1. The predicted octanol–water partition coefficient (Wildman–Crippen LogP) is 3.33. The third kappa shape index (κ3) is 3.93. The van der Waals surface area contributed by atoms with Gasteiger partial charge in [-0.2, -0.15) is 5.10 Å². The highest BCUT2D eigenvalue weighted by atomic mass is 16.1. The lowest BCUT2D eigenvalue weighted by molar-refractivity contribution is -0.112. The van der Waals surface area contributed by atoms with Gasteiger partial charge in [0.25, 0.3) is 0 Å². The summed E-state index contributed by atoms with van der Waals surface area (Å²) in [7, 11) is 0. The van der Waals surface area contributed by atoms with Gasteiger partial charge in [-0.15, -0.1) is 0 Å². The SMILES string of the molecule is C=C(C(N)=O)c1cnc2c(cnn2CCCCC)c1NCCCC. The number of nitrogens with two attached hydrogens (primary N) is 1.